The molecule has 0 aliphatic heterocycles. The van der Waals surface area contributed by atoms with Crippen molar-refractivity contribution in [2.75, 3.05) is 55.4 Å². The molecule has 0 radical (unpaired) electrons. The number of nitrogens with one attached hydrogen (secondary N) is 3. The van der Waals surface area contributed by atoms with Crippen molar-refractivity contribution in [2.45, 2.75) is 0 Å². The molecular weight excluding hydrogens is 432 g/mol. The summed E-state index contributed by atoms with van der Waals surface area (Å²) in [6.45, 7) is 0.0845. The summed E-state index contributed by atoms with van der Waals surface area (Å²) < 4.78 is 1.31. The maximum Gasteiger partial charge on any atom is 0.250 e. The first-order valence-corrected chi connectivity index (χ1v) is 9.85. The molecule has 0 bridgehead atoms. The Morgan fingerprint density at radius 1 is 0.909 bits per heavy atom. The molecule has 0 atom stereocenters. The molecule has 0 amide bonds. The number of azo groups is 1. The Labute approximate surface area is 187 Å². The SMILES string of the molecule is N#Cc1cn(-c2ncccn2)nc1N=Nc1c(NCCO)nc(NCCO)nc1NCCO. The van der Waals surface area contributed by atoms with Crippen molar-refractivity contribution in [2.24, 2.45) is 10.2 Å². The lowest BCUT2D eigenvalue weighted by Crippen LogP contribution is -2.15. The summed E-state index contributed by atoms with van der Waals surface area (Å²) in [6, 6.07) is 3.65. The molecule has 0 saturated carbocycles. The average molecular weight is 454 g/mol. The van der Waals surface area contributed by atoms with Crippen LogP contribution in [0, 0.1) is 11.3 Å². The smallest absolute Gasteiger partial charge is 0.250 e. The Kier molecular flexibility index (Phi) is 8.48. The van der Waals surface area contributed by atoms with Crippen LogP contribution in [-0.4, -0.2) is 84.5 Å². The van der Waals surface area contributed by atoms with Crippen LogP contribution in [0.1, 0.15) is 5.56 Å². The summed E-state index contributed by atoms with van der Waals surface area (Å²) in [5.74, 6) is 0.926. The fourth-order valence-electron chi connectivity index (χ4n) is 2.52. The molecule has 0 fully saturated rings. The number of rotatable bonds is 12. The lowest BCUT2D eigenvalue weighted by Gasteiger charge is -2.14. The van der Waals surface area contributed by atoms with E-state index in [0.717, 1.165) is 0 Å². The van der Waals surface area contributed by atoms with Gasteiger partial charge in [-0.2, -0.15) is 15.2 Å². The van der Waals surface area contributed by atoms with Crippen LogP contribution >= 0.6 is 0 Å². The van der Waals surface area contributed by atoms with Gasteiger partial charge in [-0.15, -0.1) is 15.3 Å². The van der Waals surface area contributed by atoms with Crippen molar-refractivity contribution in [3.63, 3.8) is 0 Å². The molecule has 0 aliphatic carbocycles. The minimum Gasteiger partial charge on any atom is -0.395 e. The molecule has 0 unspecified atom stereocenters. The van der Waals surface area contributed by atoms with Crippen LogP contribution < -0.4 is 16.0 Å². The Balaban J connectivity index is 2.01. The van der Waals surface area contributed by atoms with Crippen LogP contribution in [-0.2, 0) is 0 Å². The van der Waals surface area contributed by atoms with Gasteiger partial charge in [-0.05, 0) is 6.07 Å². The highest BCUT2D eigenvalue weighted by Crippen LogP contribution is 2.33. The van der Waals surface area contributed by atoms with Crippen LogP contribution in [0.4, 0.5) is 29.1 Å². The third kappa shape index (κ3) is 6.13. The van der Waals surface area contributed by atoms with Gasteiger partial charge in [0.2, 0.25) is 11.8 Å². The summed E-state index contributed by atoms with van der Waals surface area (Å²) in [7, 11) is 0. The predicted octanol–water partition coefficient (Wildman–Crippen LogP) is -0.0480. The van der Waals surface area contributed by atoms with E-state index in [1.807, 2.05) is 6.07 Å². The fraction of sp³-hybridized carbons (Fsp3) is 0.333. The number of hydrogen-bond acceptors (Lipinski definition) is 14. The highest BCUT2D eigenvalue weighted by Gasteiger charge is 2.16. The molecule has 6 N–H and O–H groups in total. The maximum absolute atomic E-state index is 9.46. The van der Waals surface area contributed by atoms with Crippen molar-refractivity contribution in [3.8, 4) is 12.0 Å². The van der Waals surface area contributed by atoms with Crippen molar-refractivity contribution in [1.82, 2.24) is 29.7 Å². The summed E-state index contributed by atoms with van der Waals surface area (Å²) in [6.07, 6.45) is 4.51. The molecule has 172 valence electrons. The molecule has 15 nitrogen and oxygen atoms in total. The number of aliphatic hydroxyl groups is 3. The summed E-state index contributed by atoms with van der Waals surface area (Å²) in [4.78, 5) is 16.8. The minimum atomic E-state index is -0.167. The Hall–Kier alpha value is -4.26. The first-order chi connectivity index (χ1) is 16.2. The minimum absolute atomic E-state index is 0.0219. The van der Waals surface area contributed by atoms with Crippen LogP contribution in [0.25, 0.3) is 5.95 Å². The third-order valence-corrected chi connectivity index (χ3v) is 3.90. The molecule has 3 rings (SSSR count). The predicted molar refractivity (Wildman–Crippen MR) is 117 cm³/mol. The van der Waals surface area contributed by atoms with Crippen molar-refractivity contribution < 1.29 is 15.3 Å². The Morgan fingerprint density at radius 3 is 2.09 bits per heavy atom. The molecule has 0 saturated heterocycles. The maximum atomic E-state index is 9.46. The van der Waals surface area contributed by atoms with Gasteiger partial charge in [-0.25, -0.2) is 14.6 Å². The van der Waals surface area contributed by atoms with Gasteiger partial charge in [0.25, 0.3) is 5.95 Å². The van der Waals surface area contributed by atoms with Crippen LogP contribution in [0.3, 0.4) is 0 Å². The van der Waals surface area contributed by atoms with Gasteiger partial charge in [0.05, 0.1) is 26.0 Å². The van der Waals surface area contributed by atoms with Gasteiger partial charge in [-0.3, -0.25) is 0 Å². The number of anilines is 3. The average Bonchev–Trinajstić information content (AvgIpc) is 3.27. The molecule has 0 aromatic carbocycles. The highest BCUT2D eigenvalue weighted by molar-refractivity contribution is 5.75. The van der Waals surface area contributed by atoms with Gasteiger partial charge in [0, 0.05) is 32.0 Å². The van der Waals surface area contributed by atoms with E-state index in [1.54, 1.807) is 18.5 Å². The zero-order valence-corrected chi connectivity index (χ0v) is 17.4. The number of aliphatic hydroxyl groups excluding tert-OH is 3. The van der Waals surface area contributed by atoms with E-state index in [0.29, 0.717) is 0 Å². The van der Waals surface area contributed by atoms with Crippen molar-refractivity contribution in [1.29, 1.82) is 5.26 Å². The van der Waals surface area contributed by atoms with Crippen LogP contribution in [0.2, 0.25) is 0 Å². The van der Waals surface area contributed by atoms with Gasteiger partial charge < -0.3 is 31.3 Å². The van der Waals surface area contributed by atoms with Gasteiger partial charge in [0.15, 0.2) is 17.3 Å². The number of nitrogens with zero attached hydrogens (tertiary/aromatic N) is 9. The number of aromatic nitrogens is 6. The summed E-state index contributed by atoms with van der Waals surface area (Å²) in [5.41, 5.74) is 0.309. The van der Waals surface area contributed by atoms with Gasteiger partial charge in [0.1, 0.15) is 11.6 Å². The quantitative estimate of drug-likeness (QED) is 0.199. The van der Waals surface area contributed by atoms with E-state index < -0.39 is 0 Å². The second kappa shape index (κ2) is 12.0. The molecule has 3 aromatic rings. The third-order valence-electron chi connectivity index (χ3n) is 3.90. The normalized spacial score (nSPS) is 10.8. The Morgan fingerprint density at radius 2 is 1.52 bits per heavy atom. The molecule has 3 aromatic heterocycles. The molecule has 33 heavy (non-hydrogen) atoms. The van der Waals surface area contributed by atoms with Crippen LogP contribution in [0.5, 0.6) is 0 Å². The zero-order valence-electron chi connectivity index (χ0n) is 17.4. The van der Waals surface area contributed by atoms with Crippen molar-refractivity contribution in [3.05, 3.63) is 30.2 Å². The summed E-state index contributed by atoms with van der Waals surface area (Å²) in [5, 5.41) is 58.1. The molecule has 0 spiro atoms. The van der Waals surface area contributed by atoms with E-state index in [-0.39, 0.29) is 80.1 Å². The molecular formula is C18H22N12O3. The lowest BCUT2D eigenvalue weighted by molar-refractivity contribution is 0.311. The highest BCUT2D eigenvalue weighted by atomic mass is 16.3. The monoisotopic (exact) mass is 454 g/mol. The second-order valence-electron chi connectivity index (χ2n) is 6.22. The lowest BCUT2D eigenvalue weighted by atomic mass is 10.4. The molecule has 3 heterocycles. The number of nitriles is 1. The van der Waals surface area contributed by atoms with E-state index in [2.05, 4.69) is 51.2 Å². The van der Waals surface area contributed by atoms with Crippen molar-refractivity contribution >= 4 is 29.1 Å². The number of hydrogen-bond donors (Lipinski definition) is 6. The second-order valence-corrected chi connectivity index (χ2v) is 6.22. The van der Waals surface area contributed by atoms with E-state index >= 15 is 0 Å². The summed E-state index contributed by atoms with van der Waals surface area (Å²) >= 11 is 0. The first kappa shape index (κ1) is 23.4. The largest absolute Gasteiger partial charge is 0.395 e. The first-order valence-electron chi connectivity index (χ1n) is 9.85. The van der Waals surface area contributed by atoms with E-state index in [9.17, 15) is 15.5 Å². The fourth-order valence-corrected chi connectivity index (χ4v) is 2.52. The molecule has 15 heteroatoms. The standard InChI is InChI=1S/C18H22N12O3/c19-10-12-11-30(18-23-2-1-3-24-18)29-14(12)28-27-13-15(20-4-7-31)25-17(22-6-9-33)26-16(13)21-5-8-32/h1-3,11,31-33H,4-9H2,(H3,20,21,22,25,26). The molecule has 0 aliphatic rings. The van der Waals surface area contributed by atoms with Gasteiger partial charge in [-0.1, -0.05) is 0 Å². The topological polar surface area (TPSA) is 215 Å². The van der Waals surface area contributed by atoms with Crippen LogP contribution in [0.15, 0.2) is 34.9 Å². The Bertz CT molecular complexity index is 1080. The zero-order chi connectivity index (χ0) is 23.5. The van der Waals surface area contributed by atoms with E-state index in [4.69, 9.17) is 5.11 Å². The van der Waals surface area contributed by atoms with Gasteiger partial charge >= 0.3 is 0 Å². The van der Waals surface area contributed by atoms with E-state index in [1.165, 1.54) is 10.9 Å².